The molecule has 0 radical (unpaired) electrons. The number of hydrogen-bond donors (Lipinski definition) is 3. The van der Waals surface area contributed by atoms with Crippen LogP contribution in [0.1, 0.15) is 22.5 Å². The number of benzene rings is 2. The Morgan fingerprint density at radius 1 is 1.21 bits per heavy atom. The van der Waals surface area contributed by atoms with Crippen LogP contribution in [0.3, 0.4) is 0 Å². The largest absolute Gasteiger partial charge is 0.495 e. The fourth-order valence-corrected chi connectivity index (χ4v) is 4.55. The number of ether oxygens (including phenoxy) is 1. The number of anilines is 2. The Morgan fingerprint density at radius 2 is 2.00 bits per heavy atom. The molecular formula is C27H29F4N5O2. The molecule has 1 saturated heterocycles. The first-order valence-corrected chi connectivity index (χ1v) is 12.0. The molecular weight excluding hydrogens is 502 g/mol. The van der Waals surface area contributed by atoms with Crippen molar-refractivity contribution in [2.24, 2.45) is 5.73 Å². The fraction of sp³-hybridized carbons (Fsp3) is 0.370. The second kappa shape index (κ2) is 11.2. The Balaban J connectivity index is 1.60. The summed E-state index contributed by atoms with van der Waals surface area (Å²) in [7, 11) is 3.29. The highest BCUT2D eigenvalue weighted by Crippen LogP contribution is 2.31. The van der Waals surface area contributed by atoms with Gasteiger partial charge in [0.1, 0.15) is 18.5 Å². The highest BCUT2D eigenvalue weighted by Gasteiger charge is 2.31. The van der Waals surface area contributed by atoms with E-state index in [2.05, 4.69) is 22.5 Å². The van der Waals surface area contributed by atoms with E-state index in [4.69, 9.17) is 10.5 Å². The van der Waals surface area contributed by atoms with Crippen molar-refractivity contribution in [3.05, 3.63) is 53.7 Å². The van der Waals surface area contributed by atoms with E-state index in [9.17, 15) is 22.4 Å². The number of alkyl halides is 4. The summed E-state index contributed by atoms with van der Waals surface area (Å²) in [4.78, 5) is 13.3. The Kier molecular flexibility index (Phi) is 8.02. The second-order valence-electron chi connectivity index (χ2n) is 9.22. The third kappa shape index (κ3) is 6.31. The number of methoxy groups -OCH3 is 1. The summed E-state index contributed by atoms with van der Waals surface area (Å²) in [6.07, 6.45) is -4.97. The quantitative estimate of drug-likeness (QED) is 0.314. The molecule has 0 spiro atoms. The molecule has 38 heavy (non-hydrogen) atoms. The molecule has 2 atom stereocenters. The standard InChI is InChI=1S/C27H29F4N5O2/c1-35-12-10-22(20(28)15-35)34-21-6-3-7-24-19(21)14-18(36(24)16-27(29,30)31)5-4-11-33-23-9-8-17(26(32)37)13-25(23)38-2/h3,6-9,13-14,20,22,33-34H,10-12,15-16H2,1-2H3,(H2,32,37). The molecule has 1 aliphatic rings. The van der Waals surface area contributed by atoms with Crippen LogP contribution in [0.2, 0.25) is 0 Å². The van der Waals surface area contributed by atoms with Gasteiger partial charge in [-0.25, -0.2) is 4.39 Å². The lowest BCUT2D eigenvalue weighted by molar-refractivity contribution is -0.140. The molecule has 4 rings (SSSR count). The third-order valence-electron chi connectivity index (χ3n) is 6.44. The monoisotopic (exact) mass is 531 g/mol. The van der Waals surface area contributed by atoms with Crippen LogP contribution in [0.25, 0.3) is 10.9 Å². The Labute approximate surface area is 217 Å². The van der Waals surface area contributed by atoms with Crippen molar-refractivity contribution in [3.8, 4) is 17.6 Å². The number of nitrogens with zero attached hydrogens (tertiary/aromatic N) is 2. The molecule has 0 bridgehead atoms. The molecule has 2 unspecified atom stereocenters. The zero-order valence-corrected chi connectivity index (χ0v) is 21.0. The summed E-state index contributed by atoms with van der Waals surface area (Å²) in [5.74, 6) is 5.47. The number of amides is 1. The van der Waals surface area contributed by atoms with Gasteiger partial charge in [-0.2, -0.15) is 13.2 Å². The van der Waals surface area contributed by atoms with E-state index in [1.54, 1.807) is 30.3 Å². The van der Waals surface area contributed by atoms with Gasteiger partial charge in [0.15, 0.2) is 0 Å². The number of aromatic nitrogens is 1. The Bertz CT molecular complexity index is 1380. The van der Waals surface area contributed by atoms with Gasteiger partial charge < -0.3 is 30.6 Å². The van der Waals surface area contributed by atoms with Crippen molar-refractivity contribution in [1.29, 1.82) is 0 Å². The second-order valence-corrected chi connectivity index (χ2v) is 9.22. The van der Waals surface area contributed by atoms with Gasteiger partial charge in [0.25, 0.3) is 0 Å². The normalized spacial score (nSPS) is 18.1. The Morgan fingerprint density at radius 3 is 2.68 bits per heavy atom. The van der Waals surface area contributed by atoms with E-state index in [1.807, 2.05) is 11.9 Å². The summed E-state index contributed by atoms with van der Waals surface area (Å²) in [6.45, 7) is -0.0881. The minimum absolute atomic E-state index is 0.101. The van der Waals surface area contributed by atoms with Crippen LogP contribution in [0, 0.1) is 11.8 Å². The smallest absolute Gasteiger partial charge is 0.406 e. The van der Waals surface area contributed by atoms with Gasteiger partial charge in [0.2, 0.25) is 5.91 Å². The number of likely N-dealkylation sites (tertiary alicyclic amines) is 1. The predicted octanol–water partition coefficient (Wildman–Crippen LogP) is 4.23. The molecule has 202 valence electrons. The molecule has 7 nitrogen and oxygen atoms in total. The number of rotatable bonds is 7. The van der Waals surface area contributed by atoms with E-state index in [0.717, 1.165) is 11.1 Å². The maximum absolute atomic E-state index is 14.6. The lowest BCUT2D eigenvalue weighted by Crippen LogP contribution is -2.46. The first-order chi connectivity index (χ1) is 18.1. The van der Waals surface area contributed by atoms with Gasteiger partial charge in [0, 0.05) is 29.7 Å². The molecule has 1 aliphatic heterocycles. The van der Waals surface area contributed by atoms with Gasteiger partial charge in [-0.15, -0.1) is 0 Å². The fourth-order valence-electron chi connectivity index (χ4n) is 4.55. The molecule has 0 saturated carbocycles. The molecule has 2 heterocycles. The number of primary amides is 1. The maximum atomic E-state index is 14.6. The number of hydrogen-bond acceptors (Lipinski definition) is 5. The first kappa shape index (κ1) is 27.1. The summed E-state index contributed by atoms with van der Waals surface area (Å²) >= 11 is 0. The highest BCUT2D eigenvalue weighted by atomic mass is 19.4. The lowest BCUT2D eigenvalue weighted by Gasteiger charge is -2.33. The number of piperidine rings is 1. The average molecular weight is 532 g/mol. The van der Waals surface area contributed by atoms with Crippen molar-refractivity contribution in [2.75, 3.05) is 44.4 Å². The predicted molar refractivity (Wildman–Crippen MR) is 139 cm³/mol. The van der Waals surface area contributed by atoms with Crippen molar-refractivity contribution < 1.29 is 27.1 Å². The Hall–Kier alpha value is -3.91. The minimum Gasteiger partial charge on any atom is -0.495 e. The number of fused-ring (bicyclic) bond motifs is 1. The first-order valence-electron chi connectivity index (χ1n) is 12.0. The molecule has 1 aromatic heterocycles. The van der Waals surface area contributed by atoms with Gasteiger partial charge in [-0.05, 0) is 55.8 Å². The topological polar surface area (TPSA) is 84.5 Å². The van der Waals surface area contributed by atoms with Crippen LogP contribution in [0.4, 0.5) is 28.9 Å². The summed E-state index contributed by atoms with van der Waals surface area (Å²) in [5, 5.41) is 6.79. The lowest BCUT2D eigenvalue weighted by atomic mass is 10.0. The number of nitrogens with two attached hydrogens (primary N) is 1. The molecule has 1 fully saturated rings. The van der Waals surface area contributed by atoms with Crippen molar-refractivity contribution in [2.45, 2.75) is 31.4 Å². The SMILES string of the molecule is COc1cc(C(N)=O)ccc1NCC#Cc1cc2c(NC3CCN(C)CC3F)cccc2n1CC(F)(F)F. The van der Waals surface area contributed by atoms with Gasteiger partial charge in [0.05, 0.1) is 36.6 Å². The van der Waals surface area contributed by atoms with Gasteiger partial charge >= 0.3 is 6.18 Å². The van der Waals surface area contributed by atoms with E-state index in [0.29, 0.717) is 41.0 Å². The van der Waals surface area contributed by atoms with Crippen LogP contribution in [0.5, 0.6) is 5.75 Å². The van der Waals surface area contributed by atoms with Crippen molar-refractivity contribution >= 4 is 28.2 Å². The minimum atomic E-state index is -4.46. The van der Waals surface area contributed by atoms with Crippen LogP contribution < -0.4 is 21.1 Å². The van der Waals surface area contributed by atoms with Gasteiger partial charge in [-0.1, -0.05) is 12.0 Å². The number of carbonyl (C=O) groups is 1. The molecule has 4 N–H and O–H groups in total. The van der Waals surface area contributed by atoms with Crippen LogP contribution in [0.15, 0.2) is 42.5 Å². The molecule has 2 aromatic carbocycles. The van der Waals surface area contributed by atoms with E-state index < -0.39 is 30.8 Å². The average Bonchev–Trinajstić information content (AvgIpc) is 3.20. The molecule has 11 heteroatoms. The molecule has 0 aliphatic carbocycles. The van der Waals surface area contributed by atoms with E-state index >= 15 is 0 Å². The van der Waals surface area contributed by atoms with Gasteiger partial charge in [-0.3, -0.25) is 4.79 Å². The summed E-state index contributed by atoms with van der Waals surface area (Å²) in [6, 6.07) is 10.8. The highest BCUT2D eigenvalue weighted by molar-refractivity contribution is 5.94. The molecule has 3 aromatic rings. The van der Waals surface area contributed by atoms with Crippen molar-refractivity contribution in [1.82, 2.24) is 9.47 Å². The van der Waals surface area contributed by atoms with Crippen molar-refractivity contribution in [3.63, 3.8) is 0 Å². The van der Waals surface area contributed by atoms with Crippen LogP contribution in [-0.2, 0) is 6.54 Å². The summed E-state index contributed by atoms with van der Waals surface area (Å²) < 4.78 is 61.4. The number of nitrogens with one attached hydrogen (secondary N) is 2. The van der Waals surface area contributed by atoms with E-state index in [1.165, 1.54) is 19.2 Å². The van der Waals surface area contributed by atoms with Crippen LogP contribution in [-0.4, -0.2) is 67.6 Å². The zero-order valence-electron chi connectivity index (χ0n) is 21.0. The third-order valence-corrected chi connectivity index (χ3v) is 6.44. The number of carbonyl (C=O) groups excluding carboxylic acids is 1. The van der Waals surface area contributed by atoms with Crippen LogP contribution >= 0.6 is 0 Å². The zero-order chi connectivity index (χ0) is 27.4. The summed E-state index contributed by atoms with van der Waals surface area (Å²) in [5.41, 5.74) is 7.23. The maximum Gasteiger partial charge on any atom is 0.406 e. The number of halogens is 4. The van der Waals surface area contributed by atoms with E-state index in [-0.39, 0.29) is 17.8 Å². The molecule has 1 amide bonds.